The molecule has 8 nitrogen and oxygen atoms in total. The van der Waals surface area contributed by atoms with Gasteiger partial charge in [-0.3, -0.25) is 4.79 Å². The highest BCUT2D eigenvalue weighted by Gasteiger charge is 2.29. The number of nitrogen functional groups attached to an aromatic ring is 1. The van der Waals surface area contributed by atoms with Crippen molar-refractivity contribution in [3.05, 3.63) is 99.1 Å². The Kier molecular flexibility index (Phi) is 5.07. The van der Waals surface area contributed by atoms with Gasteiger partial charge < -0.3 is 10.3 Å². The van der Waals surface area contributed by atoms with Crippen molar-refractivity contribution in [1.29, 1.82) is 0 Å². The number of anilines is 1. The summed E-state index contributed by atoms with van der Waals surface area (Å²) in [7, 11) is 0. The molecule has 2 aliphatic rings. The fraction of sp³-hybridized carbons (Fsp3) is 0.160. The van der Waals surface area contributed by atoms with Gasteiger partial charge in [-0.25, -0.2) is 4.98 Å². The minimum atomic E-state index is -0.584. The lowest BCUT2D eigenvalue weighted by molar-refractivity contribution is 0.576. The second-order valence-corrected chi connectivity index (χ2v) is 9.04. The number of halogens is 2. The van der Waals surface area contributed by atoms with E-state index in [9.17, 15) is 9.18 Å². The zero-order valence-electron chi connectivity index (χ0n) is 18.4. The van der Waals surface area contributed by atoms with Crippen LogP contribution in [-0.4, -0.2) is 29.8 Å². The number of nitrogens with two attached hydrogens (primary N) is 1. The zero-order chi connectivity index (χ0) is 24.1. The van der Waals surface area contributed by atoms with Crippen molar-refractivity contribution in [3.63, 3.8) is 0 Å². The van der Waals surface area contributed by atoms with Crippen LogP contribution in [-0.2, 0) is 6.42 Å². The first-order chi connectivity index (χ1) is 17.0. The van der Waals surface area contributed by atoms with E-state index in [4.69, 9.17) is 17.3 Å². The Morgan fingerprint density at radius 1 is 1.09 bits per heavy atom. The monoisotopic (exact) mass is 487 g/mol. The molecule has 0 saturated carbocycles. The molecule has 6 rings (SSSR count). The van der Waals surface area contributed by atoms with Crippen molar-refractivity contribution < 1.29 is 4.39 Å². The molecule has 0 saturated heterocycles. The van der Waals surface area contributed by atoms with Gasteiger partial charge in [0.15, 0.2) is 0 Å². The SMILES string of the molecule is Nc1ccc(C2=CC=C(C3CCc4cc(-c5cc(Cl)ccc5-n5cnnn5)cc(=O)n43)C2)c(F)n1. The van der Waals surface area contributed by atoms with E-state index in [0.29, 0.717) is 17.0 Å². The third kappa shape index (κ3) is 3.74. The normalized spacial score (nSPS) is 16.8. The van der Waals surface area contributed by atoms with E-state index in [1.807, 2.05) is 34.9 Å². The standard InChI is InChI=1S/C25H19ClFN7O/c26-17-3-6-22(33-13-29-31-32-33)20(12-17)16-10-18-4-7-21(34(18)24(35)11-16)15-2-1-14(9-15)19-5-8-23(28)30-25(19)27/h1-3,5-6,8,10-13,21H,4,7,9H2,(H2,28,30). The van der Waals surface area contributed by atoms with Gasteiger partial charge in [0.2, 0.25) is 5.95 Å². The van der Waals surface area contributed by atoms with Crippen molar-refractivity contribution in [2.75, 3.05) is 5.73 Å². The summed E-state index contributed by atoms with van der Waals surface area (Å²) in [5.41, 5.74) is 11.0. The number of benzene rings is 1. The van der Waals surface area contributed by atoms with Gasteiger partial charge in [-0.1, -0.05) is 23.8 Å². The fourth-order valence-electron chi connectivity index (χ4n) is 4.96. The average molecular weight is 488 g/mol. The van der Waals surface area contributed by atoms with Crippen LogP contribution in [0.4, 0.5) is 10.2 Å². The summed E-state index contributed by atoms with van der Waals surface area (Å²) in [6, 6.07) is 12.2. The second-order valence-electron chi connectivity index (χ2n) is 8.60. The number of aromatic nitrogens is 6. The van der Waals surface area contributed by atoms with Crippen LogP contribution < -0.4 is 11.3 Å². The van der Waals surface area contributed by atoms with Crippen LogP contribution in [0, 0.1) is 5.95 Å². The molecule has 174 valence electrons. The van der Waals surface area contributed by atoms with E-state index in [2.05, 4.69) is 20.5 Å². The Balaban J connectivity index is 1.33. The first-order valence-corrected chi connectivity index (χ1v) is 11.5. The van der Waals surface area contributed by atoms with Crippen LogP contribution in [0.3, 0.4) is 0 Å². The first-order valence-electron chi connectivity index (χ1n) is 11.1. The molecule has 0 bridgehead atoms. The molecule has 35 heavy (non-hydrogen) atoms. The Hall–Kier alpha value is -4.11. The summed E-state index contributed by atoms with van der Waals surface area (Å²) >= 11 is 6.28. The van der Waals surface area contributed by atoms with Gasteiger partial charge in [0.05, 0.1) is 11.7 Å². The fourth-order valence-corrected chi connectivity index (χ4v) is 5.13. The lowest BCUT2D eigenvalue weighted by Crippen LogP contribution is -2.23. The van der Waals surface area contributed by atoms with Crippen LogP contribution >= 0.6 is 11.6 Å². The van der Waals surface area contributed by atoms with E-state index in [0.717, 1.165) is 46.5 Å². The second kappa shape index (κ2) is 8.28. The van der Waals surface area contributed by atoms with Gasteiger partial charge in [0.1, 0.15) is 12.1 Å². The zero-order valence-corrected chi connectivity index (χ0v) is 19.2. The molecular formula is C25H19ClFN7O. The largest absolute Gasteiger partial charge is 0.384 e. The number of allylic oxidation sites excluding steroid dienone is 4. The number of tetrazole rings is 1. The summed E-state index contributed by atoms with van der Waals surface area (Å²) in [4.78, 5) is 17.1. The quantitative estimate of drug-likeness (QED) is 0.433. The van der Waals surface area contributed by atoms with E-state index in [1.54, 1.807) is 28.9 Å². The van der Waals surface area contributed by atoms with E-state index in [-0.39, 0.29) is 17.4 Å². The summed E-state index contributed by atoms with van der Waals surface area (Å²) in [5.74, 6) is -0.438. The van der Waals surface area contributed by atoms with Gasteiger partial charge in [0, 0.05) is 27.9 Å². The van der Waals surface area contributed by atoms with Crippen molar-refractivity contribution in [3.8, 4) is 16.8 Å². The van der Waals surface area contributed by atoms with Crippen molar-refractivity contribution >= 4 is 23.0 Å². The van der Waals surface area contributed by atoms with Crippen molar-refractivity contribution in [1.82, 2.24) is 29.8 Å². The maximum Gasteiger partial charge on any atom is 0.251 e. The molecular weight excluding hydrogens is 469 g/mol. The Morgan fingerprint density at radius 2 is 1.97 bits per heavy atom. The summed E-state index contributed by atoms with van der Waals surface area (Å²) < 4.78 is 17.7. The molecule has 1 aromatic carbocycles. The Labute approximate surface area is 204 Å². The first kappa shape index (κ1) is 21.4. The van der Waals surface area contributed by atoms with Gasteiger partial charge in [-0.15, -0.1) is 5.10 Å². The molecule has 4 heterocycles. The number of hydrogen-bond donors (Lipinski definition) is 1. The molecule has 1 aliphatic carbocycles. The molecule has 4 aromatic rings. The van der Waals surface area contributed by atoms with E-state index < -0.39 is 5.95 Å². The van der Waals surface area contributed by atoms with Gasteiger partial charge in [-0.2, -0.15) is 9.07 Å². The highest BCUT2D eigenvalue weighted by atomic mass is 35.5. The third-order valence-electron chi connectivity index (χ3n) is 6.54. The van der Waals surface area contributed by atoms with Crippen molar-refractivity contribution in [2.24, 2.45) is 0 Å². The highest BCUT2D eigenvalue weighted by molar-refractivity contribution is 6.31. The molecule has 0 radical (unpaired) electrons. The predicted octanol–water partition coefficient (Wildman–Crippen LogP) is 4.16. The third-order valence-corrected chi connectivity index (χ3v) is 6.77. The van der Waals surface area contributed by atoms with Crippen LogP contribution in [0.2, 0.25) is 5.02 Å². The smallest absolute Gasteiger partial charge is 0.251 e. The number of pyridine rings is 2. The maximum atomic E-state index is 14.3. The lowest BCUT2D eigenvalue weighted by Gasteiger charge is -2.18. The molecule has 3 aromatic heterocycles. The summed E-state index contributed by atoms with van der Waals surface area (Å²) in [5, 5.41) is 12.0. The van der Waals surface area contributed by atoms with E-state index >= 15 is 0 Å². The van der Waals surface area contributed by atoms with Gasteiger partial charge in [0.25, 0.3) is 5.56 Å². The molecule has 0 fully saturated rings. The molecule has 1 atom stereocenters. The number of aryl methyl sites for hydroxylation is 1. The molecule has 0 spiro atoms. The number of nitrogens with zero attached hydrogens (tertiary/aromatic N) is 6. The van der Waals surface area contributed by atoms with Crippen LogP contribution in [0.15, 0.2) is 71.3 Å². The lowest BCUT2D eigenvalue weighted by atomic mass is 9.98. The Morgan fingerprint density at radius 3 is 2.77 bits per heavy atom. The number of rotatable bonds is 4. The highest BCUT2D eigenvalue weighted by Crippen LogP contribution is 2.40. The van der Waals surface area contributed by atoms with Gasteiger partial charge >= 0.3 is 0 Å². The molecule has 1 unspecified atom stereocenters. The minimum Gasteiger partial charge on any atom is -0.384 e. The molecule has 2 N–H and O–H groups in total. The summed E-state index contributed by atoms with van der Waals surface area (Å²) in [6.07, 6.45) is 7.48. The van der Waals surface area contributed by atoms with Crippen molar-refractivity contribution in [2.45, 2.75) is 25.3 Å². The maximum absolute atomic E-state index is 14.3. The minimum absolute atomic E-state index is 0.0801. The number of fused-ring (bicyclic) bond motifs is 1. The van der Waals surface area contributed by atoms with E-state index in [1.165, 1.54) is 6.33 Å². The van der Waals surface area contributed by atoms with Crippen LogP contribution in [0.25, 0.3) is 22.4 Å². The molecule has 10 heteroatoms. The topological polar surface area (TPSA) is 105 Å². The molecule has 1 aliphatic heterocycles. The van der Waals surface area contributed by atoms with Crippen LogP contribution in [0.5, 0.6) is 0 Å². The van der Waals surface area contributed by atoms with Gasteiger partial charge in [-0.05, 0) is 82.8 Å². The summed E-state index contributed by atoms with van der Waals surface area (Å²) in [6.45, 7) is 0. The number of hydrogen-bond acceptors (Lipinski definition) is 6. The predicted molar refractivity (Wildman–Crippen MR) is 131 cm³/mol. The molecule has 0 amide bonds. The van der Waals surface area contributed by atoms with Crippen LogP contribution in [0.1, 0.15) is 30.1 Å². The average Bonchev–Trinajstić information content (AvgIpc) is 3.59. The Bertz CT molecular complexity index is 1590.